The van der Waals surface area contributed by atoms with Gasteiger partial charge in [0.25, 0.3) is 0 Å². The van der Waals surface area contributed by atoms with Gasteiger partial charge in [0.15, 0.2) is 0 Å². The molecule has 1 atom stereocenters. The maximum atomic E-state index is 12.8. The molecule has 4 rings (SSSR count). The summed E-state index contributed by atoms with van der Waals surface area (Å²) in [4.78, 5) is 42.6. The summed E-state index contributed by atoms with van der Waals surface area (Å²) in [7, 11) is 0. The van der Waals surface area contributed by atoms with E-state index in [0.29, 0.717) is 51.9 Å². The second kappa shape index (κ2) is 7.72. The number of likely N-dealkylation sites (tertiary alicyclic amines) is 1. The molecule has 2 aliphatic heterocycles. The lowest BCUT2D eigenvalue weighted by atomic mass is 10.1. The summed E-state index contributed by atoms with van der Waals surface area (Å²) in [5.74, 6) is 0.575. The summed E-state index contributed by atoms with van der Waals surface area (Å²) in [6, 6.07) is 4.01. The van der Waals surface area contributed by atoms with Crippen LogP contribution in [0.15, 0.2) is 22.8 Å². The fraction of sp³-hybridized carbons (Fsp3) is 0.632. The van der Waals surface area contributed by atoms with Crippen LogP contribution in [-0.2, 0) is 20.9 Å². The predicted octanol–water partition coefficient (Wildman–Crippen LogP) is 0.0509. The Hall–Kier alpha value is -2.35. The first-order valence-corrected chi connectivity index (χ1v) is 9.69. The molecule has 27 heavy (non-hydrogen) atoms. The van der Waals surface area contributed by atoms with Crippen molar-refractivity contribution in [3.05, 3.63) is 24.2 Å². The van der Waals surface area contributed by atoms with E-state index in [-0.39, 0.29) is 30.1 Å². The van der Waals surface area contributed by atoms with E-state index in [9.17, 15) is 14.4 Å². The Morgan fingerprint density at radius 1 is 1.19 bits per heavy atom. The third-order valence-corrected chi connectivity index (χ3v) is 5.48. The molecule has 0 bridgehead atoms. The number of hydrogen-bond donors (Lipinski definition) is 1. The highest BCUT2D eigenvalue weighted by Gasteiger charge is 2.37. The molecule has 1 aromatic heterocycles. The minimum absolute atomic E-state index is 0.000123. The van der Waals surface area contributed by atoms with Gasteiger partial charge in [-0.3, -0.25) is 19.3 Å². The first kappa shape index (κ1) is 18.0. The van der Waals surface area contributed by atoms with Gasteiger partial charge in [-0.25, -0.2) is 0 Å². The Bertz CT molecular complexity index is 693. The highest BCUT2D eigenvalue weighted by atomic mass is 16.3. The first-order chi connectivity index (χ1) is 13.1. The Morgan fingerprint density at radius 2 is 1.96 bits per heavy atom. The molecule has 3 heterocycles. The number of amides is 3. The zero-order valence-electron chi connectivity index (χ0n) is 15.4. The van der Waals surface area contributed by atoms with Crippen molar-refractivity contribution in [2.24, 2.45) is 5.92 Å². The molecule has 1 saturated carbocycles. The largest absolute Gasteiger partial charge is 0.467 e. The Balaban J connectivity index is 1.23. The van der Waals surface area contributed by atoms with Gasteiger partial charge in [-0.1, -0.05) is 0 Å². The van der Waals surface area contributed by atoms with E-state index in [0.717, 1.165) is 18.6 Å². The van der Waals surface area contributed by atoms with Crippen LogP contribution < -0.4 is 5.32 Å². The van der Waals surface area contributed by atoms with Crippen molar-refractivity contribution in [2.45, 2.75) is 31.8 Å². The van der Waals surface area contributed by atoms with E-state index in [1.54, 1.807) is 17.2 Å². The molecule has 8 nitrogen and oxygen atoms in total. The molecular formula is C19H26N4O4. The number of nitrogens with zero attached hydrogens (tertiary/aromatic N) is 3. The van der Waals surface area contributed by atoms with Gasteiger partial charge in [0.1, 0.15) is 5.76 Å². The van der Waals surface area contributed by atoms with Gasteiger partial charge in [-0.05, 0) is 25.0 Å². The van der Waals surface area contributed by atoms with Crippen molar-refractivity contribution in [1.29, 1.82) is 0 Å². The summed E-state index contributed by atoms with van der Waals surface area (Å²) in [6.45, 7) is 3.87. The number of rotatable bonds is 6. The van der Waals surface area contributed by atoms with Crippen molar-refractivity contribution in [3.8, 4) is 0 Å². The second-order valence-corrected chi connectivity index (χ2v) is 7.70. The highest BCUT2D eigenvalue weighted by Crippen LogP contribution is 2.23. The average molecular weight is 374 g/mol. The molecule has 1 aliphatic carbocycles. The maximum Gasteiger partial charge on any atom is 0.234 e. The van der Waals surface area contributed by atoms with Gasteiger partial charge in [0, 0.05) is 45.2 Å². The van der Waals surface area contributed by atoms with Crippen molar-refractivity contribution in [2.75, 3.05) is 39.3 Å². The van der Waals surface area contributed by atoms with Crippen LogP contribution in [0.4, 0.5) is 0 Å². The quantitative estimate of drug-likeness (QED) is 0.761. The summed E-state index contributed by atoms with van der Waals surface area (Å²) in [5, 5.41) is 3.00. The monoisotopic (exact) mass is 374 g/mol. The van der Waals surface area contributed by atoms with Crippen LogP contribution in [0.1, 0.15) is 25.0 Å². The molecular weight excluding hydrogens is 348 g/mol. The minimum Gasteiger partial charge on any atom is -0.467 e. The van der Waals surface area contributed by atoms with Crippen LogP contribution in [0.25, 0.3) is 0 Å². The van der Waals surface area contributed by atoms with E-state index in [1.165, 1.54) is 0 Å². The standard InChI is InChI=1S/C19H26N4O4/c24-17(20-15-3-4-15)13-21-5-7-22(8-6-21)19(26)14-10-18(25)23(11-14)12-16-2-1-9-27-16/h1-2,9,14-15H,3-8,10-13H2,(H,20,24). The van der Waals surface area contributed by atoms with Crippen LogP contribution in [-0.4, -0.2) is 77.7 Å². The molecule has 8 heteroatoms. The molecule has 1 unspecified atom stereocenters. The summed E-state index contributed by atoms with van der Waals surface area (Å²) in [6.07, 6.45) is 4.03. The van der Waals surface area contributed by atoms with E-state index in [2.05, 4.69) is 10.2 Å². The van der Waals surface area contributed by atoms with E-state index < -0.39 is 0 Å². The van der Waals surface area contributed by atoms with Crippen molar-refractivity contribution in [3.63, 3.8) is 0 Å². The third-order valence-electron chi connectivity index (χ3n) is 5.48. The summed E-state index contributed by atoms with van der Waals surface area (Å²) in [5.41, 5.74) is 0. The average Bonchev–Trinajstić information content (AvgIpc) is 3.17. The van der Waals surface area contributed by atoms with Gasteiger partial charge in [0.05, 0.1) is 25.3 Å². The van der Waals surface area contributed by atoms with Crippen LogP contribution in [0, 0.1) is 5.92 Å². The topological polar surface area (TPSA) is 86.1 Å². The maximum absolute atomic E-state index is 12.8. The zero-order chi connectivity index (χ0) is 18.8. The molecule has 3 fully saturated rings. The van der Waals surface area contributed by atoms with Gasteiger partial charge < -0.3 is 19.5 Å². The molecule has 1 aromatic rings. The number of hydrogen-bond acceptors (Lipinski definition) is 5. The SMILES string of the molecule is O=C(CN1CCN(C(=O)C2CC(=O)N(Cc3ccco3)C2)CC1)NC1CC1. The fourth-order valence-electron chi connectivity index (χ4n) is 3.77. The molecule has 146 valence electrons. The van der Waals surface area contributed by atoms with E-state index in [1.807, 2.05) is 11.0 Å². The highest BCUT2D eigenvalue weighted by molar-refractivity contribution is 5.89. The number of piperazine rings is 1. The van der Waals surface area contributed by atoms with Crippen LogP contribution >= 0.6 is 0 Å². The van der Waals surface area contributed by atoms with Crippen LogP contribution in [0.5, 0.6) is 0 Å². The molecule has 2 saturated heterocycles. The van der Waals surface area contributed by atoms with E-state index >= 15 is 0 Å². The molecule has 0 spiro atoms. The molecule has 0 radical (unpaired) electrons. The normalized spacial score (nSPS) is 23.7. The van der Waals surface area contributed by atoms with Crippen LogP contribution in [0.2, 0.25) is 0 Å². The number of furan rings is 1. The molecule has 3 amide bonds. The lowest BCUT2D eigenvalue weighted by Crippen LogP contribution is -2.52. The molecule has 1 N–H and O–H groups in total. The number of carbonyl (C=O) groups excluding carboxylic acids is 3. The first-order valence-electron chi connectivity index (χ1n) is 9.69. The number of nitrogens with one attached hydrogen (secondary N) is 1. The molecule has 0 aromatic carbocycles. The van der Waals surface area contributed by atoms with Crippen LogP contribution in [0.3, 0.4) is 0 Å². The Labute approximate surface area is 158 Å². The van der Waals surface area contributed by atoms with Gasteiger partial charge in [0.2, 0.25) is 17.7 Å². The van der Waals surface area contributed by atoms with Crippen molar-refractivity contribution < 1.29 is 18.8 Å². The van der Waals surface area contributed by atoms with Gasteiger partial charge >= 0.3 is 0 Å². The molecule has 3 aliphatic rings. The fourth-order valence-corrected chi connectivity index (χ4v) is 3.77. The van der Waals surface area contributed by atoms with Crippen molar-refractivity contribution >= 4 is 17.7 Å². The Kier molecular flexibility index (Phi) is 5.15. The van der Waals surface area contributed by atoms with Gasteiger partial charge in [-0.15, -0.1) is 0 Å². The lowest BCUT2D eigenvalue weighted by molar-refractivity contribution is -0.137. The third kappa shape index (κ3) is 4.50. The zero-order valence-corrected chi connectivity index (χ0v) is 15.4. The smallest absolute Gasteiger partial charge is 0.234 e. The second-order valence-electron chi connectivity index (χ2n) is 7.70. The number of carbonyl (C=O) groups is 3. The van der Waals surface area contributed by atoms with Gasteiger partial charge in [-0.2, -0.15) is 0 Å². The Morgan fingerprint density at radius 3 is 2.63 bits per heavy atom. The van der Waals surface area contributed by atoms with E-state index in [4.69, 9.17) is 4.42 Å². The lowest BCUT2D eigenvalue weighted by Gasteiger charge is -2.35. The predicted molar refractivity (Wildman–Crippen MR) is 96.4 cm³/mol. The summed E-state index contributed by atoms with van der Waals surface area (Å²) < 4.78 is 5.30. The summed E-state index contributed by atoms with van der Waals surface area (Å²) >= 11 is 0. The minimum atomic E-state index is -0.280. The van der Waals surface area contributed by atoms with Crippen molar-refractivity contribution in [1.82, 2.24) is 20.0 Å².